The molecule has 0 saturated carbocycles. The molecular formula is C15H21ClN2O2. The lowest BCUT2D eigenvalue weighted by Crippen LogP contribution is -2.31. The van der Waals surface area contributed by atoms with E-state index in [-0.39, 0.29) is 17.9 Å². The molecule has 0 radical (unpaired) electrons. The Morgan fingerprint density at radius 2 is 1.90 bits per heavy atom. The molecule has 1 atom stereocenters. The first-order chi connectivity index (χ1) is 9.56. The van der Waals surface area contributed by atoms with E-state index in [1.807, 2.05) is 13.8 Å². The fraction of sp³-hybridized carbons (Fsp3) is 0.467. The minimum Gasteiger partial charge on any atom is -0.350 e. The molecule has 4 nitrogen and oxygen atoms in total. The van der Waals surface area contributed by atoms with Crippen molar-refractivity contribution >= 4 is 29.1 Å². The van der Waals surface area contributed by atoms with Gasteiger partial charge < -0.3 is 10.6 Å². The van der Waals surface area contributed by atoms with E-state index >= 15 is 0 Å². The molecule has 0 heterocycles. The van der Waals surface area contributed by atoms with Gasteiger partial charge in [-0.3, -0.25) is 9.59 Å². The van der Waals surface area contributed by atoms with Gasteiger partial charge in [0.05, 0.1) is 0 Å². The van der Waals surface area contributed by atoms with E-state index < -0.39 is 0 Å². The Hall–Kier alpha value is -1.55. The molecule has 0 bridgehead atoms. The number of carbonyl (C=O) groups excluding carboxylic acids is 2. The van der Waals surface area contributed by atoms with Gasteiger partial charge in [-0.05, 0) is 44.0 Å². The monoisotopic (exact) mass is 296 g/mol. The SMILES string of the molecule is CCC(C)NC(=O)c1ccc(NC(=O)CCCCl)cc1. The number of alkyl halides is 1. The van der Waals surface area contributed by atoms with E-state index in [1.54, 1.807) is 24.3 Å². The molecular weight excluding hydrogens is 276 g/mol. The summed E-state index contributed by atoms with van der Waals surface area (Å²) in [5, 5.41) is 5.66. The summed E-state index contributed by atoms with van der Waals surface area (Å²) in [5.74, 6) is 0.309. The summed E-state index contributed by atoms with van der Waals surface area (Å²) in [4.78, 5) is 23.4. The van der Waals surface area contributed by atoms with Crippen LogP contribution in [0.25, 0.3) is 0 Å². The van der Waals surface area contributed by atoms with Gasteiger partial charge in [-0.1, -0.05) is 6.92 Å². The largest absolute Gasteiger partial charge is 0.350 e. The van der Waals surface area contributed by atoms with Gasteiger partial charge >= 0.3 is 0 Å². The van der Waals surface area contributed by atoms with Crippen LogP contribution in [0.15, 0.2) is 24.3 Å². The third-order valence-electron chi connectivity index (χ3n) is 2.96. The topological polar surface area (TPSA) is 58.2 Å². The number of rotatable bonds is 7. The molecule has 0 aliphatic heterocycles. The van der Waals surface area contributed by atoms with Crippen molar-refractivity contribution in [2.45, 2.75) is 39.2 Å². The van der Waals surface area contributed by atoms with Gasteiger partial charge in [0.15, 0.2) is 0 Å². The number of amides is 2. The molecule has 0 fully saturated rings. The maximum atomic E-state index is 11.9. The average Bonchev–Trinajstić information content (AvgIpc) is 2.45. The highest BCUT2D eigenvalue weighted by Gasteiger charge is 2.08. The van der Waals surface area contributed by atoms with Crippen LogP contribution in [-0.2, 0) is 4.79 Å². The smallest absolute Gasteiger partial charge is 0.251 e. The molecule has 2 amide bonds. The molecule has 1 unspecified atom stereocenters. The Kier molecular flexibility index (Phi) is 7.09. The predicted octanol–water partition coefficient (Wildman–Crippen LogP) is 3.17. The second-order valence-corrected chi connectivity index (χ2v) is 5.08. The van der Waals surface area contributed by atoms with E-state index in [0.29, 0.717) is 30.0 Å². The summed E-state index contributed by atoms with van der Waals surface area (Å²) in [5.41, 5.74) is 1.27. The van der Waals surface area contributed by atoms with Gasteiger partial charge in [0.25, 0.3) is 5.91 Å². The third kappa shape index (κ3) is 5.61. The highest BCUT2D eigenvalue weighted by atomic mass is 35.5. The molecule has 0 aromatic heterocycles. The van der Waals surface area contributed by atoms with Crippen molar-refractivity contribution in [3.8, 4) is 0 Å². The minimum atomic E-state index is -0.0978. The zero-order chi connectivity index (χ0) is 15.0. The molecule has 110 valence electrons. The first-order valence-corrected chi connectivity index (χ1v) is 7.37. The van der Waals surface area contributed by atoms with Gasteiger partial charge in [-0.15, -0.1) is 11.6 Å². The van der Waals surface area contributed by atoms with Crippen LogP contribution in [0.3, 0.4) is 0 Å². The molecule has 20 heavy (non-hydrogen) atoms. The van der Waals surface area contributed by atoms with E-state index in [4.69, 9.17) is 11.6 Å². The van der Waals surface area contributed by atoms with Crippen molar-refractivity contribution in [1.29, 1.82) is 0 Å². The molecule has 1 aromatic carbocycles. The van der Waals surface area contributed by atoms with Crippen molar-refractivity contribution < 1.29 is 9.59 Å². The lowest BCUT2D eigenvalue weighted by molar-refractivity contribution is -0.116. The second-order valence-electron chi connectivity index (χ2n) is 4.70. The van der Waals surface area contributed by atoms with Crippen molar-refractivity contribution in [3.63, 3.8) is 0 Å². The minimum absolute atomic E-state index is 0.0672. The molecule has 2 N–H and O–H groups in total. The summed E-state index contributed by atoms with van der Waals surface area (Å²) >= 11 is 5.53. The van der Waals surface area contributed by atoms with Crippen LogP contribution in [0, 0.1) is 0 Å². The Morgan fingerprint density at radius 3 is 2.45 bits per heavy atom. The Labute approximate surface area is 124 Å². The van der Waals surface area contributed by atoms with Crippen LogP contribution in [0.4, 0.5) is 5.69 Å². The average molecular weight is 297 g/mol. The zero-order valence-corrected chi connectivity index (χ0v) is 12.7. The number of halogens is 1. The summed E-state index contributed by atoms with van der Waals surface area (Å²) in [7, 11) is 0. The molecule has 0 aliphatic rings. The highest BCUT2D eigenvalue weighted by molar-refractivity contribution is 6.18. The fourth-order valence-corrected chi connectivity index (χ4v) is 1.70. The standard InChI is InChI=1S/C15H21ClN2O2/c1-3-11(2)17-15(20)12-6-8-13(9-7-12)18-14(19)5-4-10-16/h6-9,11H,3-5,10H2,1-2H3,(H,17,20)(H,18,19). The summed E-state index contributed by atoms with van der Waals surface area (Å²) in [6.07, 6.45) is 1.95. The Morgan fingerprint density at radius 1 is 1.25 bits per heavy atom. The van der Waals surface area contributed by atoms with Gasteiger partial charge in [0, 0.05) is 29.6 Å². The van der Waals surface area contributed by atoms with Crippen LogP contribution in [-0.4, -0.2) is 23.7 Å². The van der Waals surface area contributed by atoms with Gasteiger partial charge in [-0.25, -0.2) is 0 Å². The molecule has 0 spiro atoms. The molecule has 0 saturated heterocycles. The van der Waals surface area contributed by atoms with Crippen molar-refractivity contribution in [1.82, 2.24) is 5.32 Å². The van der Waals surface area contributed by atoms with E-state index in [0.717, 1.165) is 6.42 Å². The van der Waals surface area contributed by atoms with E-state index in [1.165, 1.54) is 0 Å². The third-order valence-corrected chi connectivity index (χ3v) is 3.23. The number of anilines is 1. The molecule has 1 aromatic rings. The zero-order valence-electron chi connectivity index (χ0n) is 11.9. The lowest BCUT2D eigenvalue weighted by atomic mass is 10.1. The first kappa shape index (κ1) is 16.5. The predicted molar refractivity (Wildman–Crippen MR) is 82.2 cm³/mol. The van der Waals surface area contributed by atoms with Crippen LogP contribution >= 0.6 is 11.6 Å². The molecule has 1 rings (SSSR count). The van der Waals surface area contributed by atoms with E-state index in [9.17, 15) is 9.59 Å². The maximum absolute atomic E-state index is 11.9. The maximum Gasteiger partial charge on any atom is 0.251 e. The Bertz CT molecular complexity index is 446. The number of benzene rings is 1. The van der Waals surface area contributed by atoms with Crippen molar-refractivity contribution in [2.24, 2.45) is 0 Å². The number of carbonyl (C=O) groups is 2. The summed E-state index contributed by atoms with van der Waals surface area (Å²) in [6.45, 7) is 3.98. The number of nitrogens with one attached hydrogen (secondary N) is 2. The van der Waals surface area contributed by atoms with Gasteiger partial charge in [-0.2, -0.15) is 0 Å². The van der Waals surface area contributed by atoms with Crippen LogP contribution in [0.1, 0.15) is 43.5 Å². The van der Waals surface area contributed by atoms with Gasteiger partial charge in [0.1, 0.15) is 0 Å². The van der Waals surface area contributed by atoms with Crippen LogP contribution in [0.5, 0.6) is 0 Å². The summed E-state index contributed by atoms with van der Waals surface area (Å²) in [6, 6.07) is 7.01. The van der Waals surface area contributed by atoms with Gasteiger partial charge in [0.2, 0.25) is 5.91 Å². The van der Waals surface area contributed by atoms with Crippen molar-refractivity contribution in [2.75, 3.05) is 11.2 Å². The normalized spacial score (nSPS) is 11.8. The van der Waals surface area contributed by atoms with E-state index in [2.05, 4.69) is 10.6 Å². The van der Waals surface area contributed by atoms with Crippen molar-refractivity contribution in [3.05, 3.63) is 29.8 Å². The second kappa shape index (κ2) is 8.59. The number of hydrogen-bond acceptors (Lipinski definition) is 2. The molecule has 0 aliphatic carbocycles. The van der Waals surface area contributed by atoms with Crippen LogP contribution < -0.4 is 10.6 Å². The summed E-state index contributed by atoms with van der Waals surface area (Å²) < 4.78 is 0. The Balaban J connectivity index is 2.55. The van der Waals surface area contributed by atoms with Crippen LogP contribution in [0.2, 0.25) is 0 Å². The highest BCUT2D eigenvalue weighted by Crippen LogP contribution is 2.10. The molecule has 5 heteroatoms. The number of hydrogen-bond donors (Lipinski definition) is 2. The first-order valence-electron chi connectivity index (χ1n) is 6.83. The fourth-order valence-electron chi connectivity index (χ4n) is 1.56. The quantitative estimate of drug-likeness (QED) is 0.759. The lowest BCUT2D eigenvalue weighted by Gasteiger charge is -2.11.